The maximum absolute atomic E-state index is 12.5. The van der Waals surface area contributed by atoms with Crippen molar-refractivity contribution in [2.24, 2.45) is 0 Å². The van der Waals surface area contributed by atoms with Crippen LogP contribution in [0.5, 0.6) is 0 Å². The molecular weight excluding hydrogens is 264 g/mol. The van der Waals surface area contributed by atoms with E-state index >= 15 is 0 Å². The number of nitrogens with zero attached hydrogens (tertiary/aromatic N) is 1. The first kappa shape index (κ1) is 16.0. The lowest BCUT2D eigenvalue weighted by atomic mass is 10.0. The second-order valence-corrected chi connectivity index (χ2v) is 5.76. The Balaban J connectivity index is 1.98. The summed E-state index contributed by atoms with van der Waals surface area (Å²) in [4.78, 5) is 14.4. The molecule has 0 spiro atoms. The lowest BCUT2D eigenvalue weighted by Gasteiger charge is -2.32. The van der Waals surface area contributed by atoms with Crippen molar-refractivity contribution in [1.29, 1.82) is 0 Å². The average molecular weight is 290 g/mol. The summed E-state index contributed by atoms with van der Waals surface area (Å²) in [5, 5.41) is 3.21. The molecule has 1 N–H and O–H groups in total. The molecule has 1 heterocycles. The van der Waals surface area contributed by atoms with Gasteiger partial charge in [-0.2, -0.15) is 0 Å². The van der Waals surface area contributed by atoms with Crippen LogP contribution in [-0.4, -0.2) is 49.7 Å². The summed E-state index contributed by atoms with van der Waals surface area (Å²) < 4.78 is 5.57. The standard InChI is InChI=1S/C17H26N2O2/c1-4-15(11-14-7-5-13(2)6-8-14)19(3)17(20)16-12-18-9-10-21-16/h5-8,15-16,18H,4,9-12H2,1-3H3. The normalized spacial score (nSPS) is 20.0. The van der Waals surface area contributed by atoms with E-state index in [1.165, 1.54) is 11.1 Å². The van der Waals surface area contributed by atoms with Crippen molar-refractivity contribution in [1.82, 2.24) is 10.2 Å². The molecule has 4 heteroatoms. The summed E-state index contributed by atoms with van der Waals surface area (Å²) in [6.07, 6.45) is 1.49. The van der Waals surface area contributed by atoms with E-state index in [1.807, 2.05) is 11.9 Å². The van der Waals surface area contributed by atoms with Gasteiger partial charge >= 0.3 is 0 Å². The Kier molecular flexibility index (Phi) is 5.76. The van der Waals surface area contributed by atoms with E-state index in [0.29, 0.717) is 13.2 Å². The Labute approximate surface area is 127 Å². The summed E-state index contributed by atoms with van der Waals surface area (Å²) >= 11 is 0. The molecule has 2 atom stereocenters. The van der Waals surface area contributed by atoms with E-state index in [9.17, 15) is 4.79 Å². The molecule has 1 aromatic rings. The summed E-state index contributed by atoms with van der Waals surface area (Å²) in [6.45, 7) is 6.27. The van der Waals surface area contributed by atoms with Crippen molar-refractivity contribution in [3.8, 4) is 0 Å². The fraction of sp³-hybridized carbons (Fsp3) is 0.588. The number of benzene rings is 1. The van der Waals surface area contributed by atoms with Crippen LogP contribution in [0.1, 0.15) is 24.5 Å². The van der Waals surface area contributed by atoms with Gasteiger partial charge in [0.25, 0.3) is 5.91 Å². The Morgan fingerprint density at radius 1 is 1.43 bits per heavy atom. The molecule has 0 aliphatic carbocycles. The van der Waals surface area contributed by atoms with E-state index in [-0.39, 0.29) is 18.1 Å². The topological polar surface area (TPSA) is 41.6 Å². The predicted octanol–water partition coefficient (Wildman–Crippen LogP) is 1.76. The van der Waals surface area contributed by atoms with E-state index in [4.69, 9.17) is 4.74 Å². The third-order valence-corrected chi connectivity index (χ3v) is 4.16. The molecule has 0 radical (unpaired) electrons. The summed E-state index contributed by atoms with van der Waals surface area (Å²) in [5.41, 5.74) is 2.53. The molecule has 1 aliphatic rings. The molecule has 1 aromatic carbocycles. The maximum atomic E-state index is 12.5. The van der Waals surface area contributed by atoms with Crippen LogP contribution in [0.3, 0.4) is 0 Å². The number of amides is 1. The van der Waals surface area contributed by atoms with Crippen LogP contribution in [-0.2, 0) is 16.0 Å². The first-order valence-corrected chi connectivity index (χ1v) is 7.76. The van der Waals surface area contributed by atoms with Crippen LogP contribution in [0.25, 0.3) is 0 Å². The van der Waals surface area contributed by atoms with Crippen molar-refractivity contribution in [2.75, 3.05) is 26.7 Å². The molecule has 4 nitrogen and oxygen atoms in total. The minimum absolute atomic E-state index is 0.0844. The predicted molar refractivity (Wildman–Crippen MR) is 84.3 cm³/mol. The number of morpholine rings is 1. The smallest absolute Gasteiger partial charge is 0.253 e. The van der Waals surface area contributed by atoms with E-state index in [0.717, 1.165) is 19.4 Å². The Morgan fingerprint density at radius 3 is 2.71 bits per heavy atom. The average Bonchev–Trinajstić information content (AvgIpc) is 2.54. The molecule has 0 saturated carbocycles. The Bertz CT molecular complexity index is 452. The van der Waals surface area contributed by atoms with Crippen LogP contribution >= 0.6 is 0 Å². The highest BCUT2D eigenvalue weighted by atomic mass is 16.5. The van der Waals surface area contributed by atoms with Gasteiger partial charge in [-0.05, 0) is 25.3 Å². The number of likely N-dealkylation sites (N-methyl/N-ethyl adjacent to an activating group) is 1. The summed E-state index contributed by atoms with van der Waals surface area (Å²) in [5.74, 6) is 0.0844. The van der Waals surface area contributed by atoms with Crippen molar-refractivity contribution in [3.63, 3.8) is 0 Å². The van der Waals surface area contributed by atoms with Gasteiger partial charge in [0, 0.05) is 26.2 Å². The fourth-order valence-corrected chi connectivity index (χ4v) is 2.68. The van der Waals surface area contributed by atoms with Crippen molar-refractivity contribution < 1.29 is 9.53 Å². The summed E-state index contributed by atoms with van der Waals surface area (Å²) in [7, 11) is 1.89. The third-order valence-electron chi connectivity index (χ3n) is 4.16. The van der Waals surface area contributed by atoms with Crippen LogP contribution in [0.4, 0.5) is 0 Å². The van der Waals surface area contributed by atoms with Gasteiger partial charge in [-0.3, -0.25) is 4.79 Å². The molecule has 1 amide bonds. The first-order chi connectivity index (χ1) is 10.1. The molecule has 2 rings (SSSR count). The molecule has 1 aliphatic heterocycles. The first-order valence-electron chi connectivity index (χ1n) is 7.76. The second kappa shape index (κ2) is 7.57. The second-order valence-electron chi connectivity index (χ2n) is 5.76. The van der Waals surface area contributed by atoms with Gasteiger partial charge in [0.05, 0.1) is 6.61 Å². The van der Waals surface area contributed by atoms with Crippen molar-refractivity contribution in [2.45, 2.75) is 38.8 Å². The van der Waals surface area contributed by atoms with E-state index in [2.05, 4.69) is 43.4 Å². The molecule has 116 valence electrons. The highest BCUT2D eigenvalue weighted by molar-refractivity contribution is 5.81. The van der Waals surface area contributed by atoms with Gasteiger partial charge < -0.3 is 15.0 Å². The van der Waals surface area contributed by atoms with E-state index in [1.54, 1.807) is 0 Å². The lowest BCUT2D eigenvalue weighted by molar-refractivity contribution is -0.146. The highest BCUT2D eigenvalue weighted by Gasteiger charge is 2.28. The Hall–Kier alpha value is -1.39. The molecule has 0 aromatic heterocycles. The third kappa shape index (κ3) is 4.29. The zero-order chi connectivity index (χ0) is 15.2. The number of carbonyl (C=O) groups is 1. The van der Waals surface area contributed by atoms with Gasteiger partial charge in [-0.1, -0.05) is 36.8 Å². The number of carbonyl (C=O) groups excluding carboxylic acids is 1. The molecular formula is C17H26N2O2. The molecule has 1 fully saturated rings. The van der Waals surface area contributed by atoms with Crippen LogP contribution < -0.4 is 5.32 Å². The van der Waals surface area contributed by atoms with Gasteiger partial charge in [0.15, 0.2) is 0 Å². The molecule has 0 bridgehead atoms. The monoisotopic (exact) mass is 290 g/mol. The van der Waals surface area contributed by atoms with Gasteiger partial charge in [-0.15, -0.1) is 0 Å². The number of nitrogens with one attached hydrogen (secondary N) is 1. The minimum atomic E-state index is -0.337. The van der Waals surface area contributed by atoms with Gasteiger partial charge in [0.2, 0.25) is 0 Å². The minimum Gasteiger partial charge on any atom is -0.366 e. The molecule has 2 unspecified atom stereocenters. The SMILES string of the molecule is CCC(Cc1ccc(C)cc1)N(C)C(=O)C1CNCCO1. The number of rotatable bonds is 5. The number of hydrogen-bond acceptors (Lipinski definition) is 3. The highest BCUT2D eigenvalue weighted by Crippen LogP contribution is 2.14. The molecule has 21 heavy (non-hydrogen) atoms. The van der Waals surface area contributed by atoms with Crippen LogP contribution in [0.2, 0.25) is 0 Å². The lowest BCUT2D eigenvalue weighted by Crippen LogP contribution is -2.51. The van der Waals surface area contributed by atoms with Gasteiger partial charge in [0.1, 0.15) is 6.10 Å². The Morgan fingerprint density at radius 2 is 2.14 bits per heavy atom. The van der Waals surface area contributed by atoms with Gasteiger partial charge in [-0.25, -0.2) is 0 Å². The number of ether oxygens (including phenoxy) is 1. The number of aryl methyl sites for hydroxylation is 1. The van der Waals surface area contributed by atoms with Crippen LogP contribution in [0.15, 0.2) is 24.3 Å². The number of hydrogen-bond donors (Lipinski definition) is 1. The zero-order valence-corrected chi connectivity index (χ0v) is 13.3. The zero-order valence-electron chi connectivity index (χ0n) is 13.3. The largest absolute Gasteiger partial charge is 0.366 e. The van der Waals surface area contributed by atoms with Crippen molar-refractivity contribution in [3.05, 3.63) is 35.4 Å². The maximum Gasteiger partial charge on any atom is 0.253 e. The quantitative estimate of drug-likeness (QED) is 0.898. The molecule has 1 saturated heterocycles. The fourth-order valence-electron chi connectivity index (χ4n) is 2.68. The summed E-state index contributed by atoms with van der Waals surface area (Å²) in [6, 6.07) is 8.76. The van der Waals surface area contributed by atoms with Crippen LogP contribution in [0, 0.1) is 6.92 Å². The van der Waals surface area contributed by atoms with E-state index < -0.39 is 0 Å². The van der Waals surface area contributed by atoms with Crippen molar-refractivity contribution >= 4 is 5.91 Å².